The number of Topliss-reactive ketones (excluding diaryl/α,β-unsaturated/α-hetero) is 2. The lowest BCUT2D eigenvalue weighted by Crippen LogP contribution is -2.53. The number of esters is 2. The third-order valence-electron chi connectivity index (χ3n) is 32.8. The van der Waals surface area contributed by atoms with Crippen LogP contribution in [0.3, 0.4) is 0 Å². The fraction of sp³-hybridized carbons (Fsp3) is 0.639. The number of carboxylic acids is 1. The summed E-state index contributed by atoms with van der Waals surface area (Å²) in [5.41, 5.74) is 19.0. The van der Waals surface area contributed by atoms with Crippen LogP contribution in [0.2, 0.25) is 0 Å². The van der Waals surface area contributed by atoms with Crippen LogP contribution in [0.1, 0.15) is 377 Å². The predicted octanol–water partition coefficient (Wildman–Crippen LogP) is 22.2. The maximum absolute atomic E-state index is 14.0. The van der Waals surface area contributed by atoms with Gasteiger partial charge in [0.2, 0.25) is 0 Å². The second kappa shape index (κ2) is 58.8. The van der Waals surface area contributed by atoms with E-state index in [0.717, 1.165) is 87.9 Å². The van der Waals surface area contributed by atoms with Crippen LogP contribution in [0.15, 0.2) is 127 Å². The summed E-state index contributed by atoms with van der Waals surface area (Å²) >= 11 is 0. The lowest BCUT2D eigenvalue weighted by Gasteiger charge is -2.54. The summed E-state index contributed by atoms with van der Waals surface area (Å²) in [7, 11) is 3.28. The third kappa shape index (κ3) is 34.4. The molecule has 5 N–H and O–H groups in total. The summed E-state index contributed by atoms with van der Waals surface area (Å²) < 4.78 is 46.4. The molecular formula is C122H176O24. The summed E-state index contributed by atoms with van der Waals surface area (Å²) in [6.07, 6.45) is 22.1. The number of hydrogen-bond donors (Lipinski definition) is 5. The van der Waals surface area contributed by atoms with Crippen molar-refractivity contribution in [3.8, 4) is 0 Å². The van der Waals surface area contributed by atoms with Gasteiger partial charge in [-0.2, -0.15) is 28.8 Å². The average molecular weight is 2030 g/mol. The second-order valence-corrected chi connectivity index (χ2v) is 46.3. The van der Waals surface area contributed by atoms with Crippen molar-refractivity contribution in [1.82, 2.24) is 0 Å². The second-order valence-electron chi connectivity index (χ2n) is 46.3. The highest BCUT2D eigenvalue weighted by Crippen LogP contribution is 2.61. The maximum Gasteiger partial charge on any atom is 0.373 e. The van der Waals surface area contributed by atoms with Crippen LogP contribution in [-0.4, -0.2) is 191 Å². The van der Waals surface area contributed by atoms with Crippen molar-refractivity contribution in [3.63, 3.8) is 0 Å². The molecule has 8 aliphatic rings. The summed E-state index contributed by atoms with van der Waals surface area (Å²) in [6, 6.07) is 43.7. The van der Waals surface area contributed by atoms with Crippen molar-refractivity contribution < 1.29 is 116 Å². The van der Waals surface area contributed by atoms with Crippen molar-refractivity contribution in [2.45, 2.75) is 350 Å². The number of aromatic carboxylic acids is 1. The Morgan fingerprint density at radius 3 is 0.925 bits per heavy atom. The standard InChI is InChI=1S/C53H80O8.2C19H28.C11H24O6.C10H10O2.C7H6O2.3CO2/c1-35(2)37-15-19-43-39(27-37)17-21-45-50(43,7)23-13-25-52(45,9)47(54)60-31-41(56-11)29-58-33-49(5,6)34-59-30-42(57-12)32-61-48(55)53(10)26-14-24-51(8)44-20-16-38(36(3)4)28-40(44)18-22-46(51)53;2*1-13(2)15-7-10-18-16(12-15)8-9-17-14(3)6-5-11-19(17,18)4;1-11(2,7-16-5-9(14)3-12)8-17-6-10(15)4-13;1-7(11)9-3-5-10(6-4-9)8(2)12;8-7(9)6-4-2-1-3-5-6;3*2-1-3/h15-16,19-20,27-28,35-36,41-42,45-46H,13-14,17-18,21-26,29-34H2,1-12H3;2*7,10,12-14,17H,5-6,8-9,11H2,1-4H3;9-10,12-15H,3-8H2,1-2H3;3-6H,1-2H3;1-5H,(H,8,9);;;. The molecule has 6 aromatic rings. The minimum atomic E-state index is -0.879. The Morgan fingerprint density at radius 2 is 0.658 bits per heavy atom. The fourth-order valence-electron chi connectivity index (χ4n) is 24.4. The van der Waals surface area contributed by atoms with E-state index in [2.05, 4.69) is 197 Å². The molecule has 16 atom stereocenters. The number of benzene rings is 6. The van der Waals surface area contributed by atoms with Gasteiger partial charge in [0.1, 0.15) is 37.6 Å². The Balaban J connectivity index is 0.000000308. The summed E-state index contributed by atoms with van der Waals surface area (Å²) in [5, 5.41) is 43.7. The van der Waals surface area contributed by atoms with Gasteiger partial charge in [0.05, 0.1) is 82.5 Å². The number of carbonyl (C=O) groups excluding carboxylic acids is 10. The largest absolute Gasteiger partial charge is 0.478 e. The molecule has 0 spiro atoms. The monoisotopic (exact) mass is 2030 g/mol. The molecule has 0 amide bonds. The number of rotatable bonds is 33. The molecule has 24 nitrogen and oxygen atoms in total. The average Bonchev–Trinajstić information content (AvgIpc) is 0.706. The maximum atomic E-state index is 14.0. The number of hydrogen-bond acceptors (Lipinski definition) is 23. The Bertz CT molecular complexity index is 4870. The predicted molar refractivity (Wildman–Crippen MR) is 564 cm³/mol. The topological polar surface area (TPSA) is 363 Å². The number of aliphatic hydroxyl groups excluding tert-OH is 4. The molecule has 8 aliphatic carbocycles. The SMILES string of the molecule is CC(=O)c1ccc(C(C)=O)cc1.CC(C)(COCC(O)CO)COCC(O)CO.CC(C)c1ccc2c(c1)CCC1C(C)CCCC21C.CC(C)c1ccc2c(c1)CCC1C(C)CCCC21C.COC(COCC(C)(C)COCC(COC(=O)C1(C)CCCC2(C)c3ccc(C(C)C)cc3CCC12)OC)COC(=O)C1(C)CCCC2(C)c3ccc(C(C)C)cc3CCC12.O=C(O)c1ccccc1.O=C=O.O=C=O.O=C=O. The van der Waals surface area contributed by atoms with Crippen molar-refractivity contribution in [3.05, 3.63) is 211 Å². The van der Waals surface area contributed by atoms with E-state index in [1.807, 2.05) is 13.8 Å². The smallest absolute Gasteiger partial charge is 0.373 e. The molecule has 0 heterocycles. The zero-order valence-electron chi connectivity index (χ0n) is 92.3. The van der Waals surface area contributed by atoms with Gasteiger partial charge in [-0.05, 0) is 277 Å². The van der Waals surface area contributed by atoms with Crippen LogP contribution in [0, 0.1) is 57.2 Å². The third-order valence-corrected chi connectivity index (χ3v) is 32.8. The molecule has 6 aromatic carbocycles. The fourth-order valence-corrected chi connectivity index (χ4v) is 24.4. The van der Waals surface area contributed by atoms with Gasteiger partial charge in [0.15, 0.2) is 11.6 Å². The normalized spacial score (nSPS) is 24.5. The lowest BCUT2D eigenvalue weighted by atomic mass is 9.49. The minimum Gasteiger partial charge on any atom is -0.478 e. The molecular weight excluding hydrogens is 1850 g/mol. The van der Waals surface area contributed by atoms with Gasteiger partial charge in [0.25, 0.3) is 0 Å². The molecule has 808 valence electrons. The van der Waals surface area contributed by atoms with E-state index in [1.165, 1.54) is 123 Å². The van der Waals surface area contributed by atoms with E-state index in [9.17, 15) is 24.0 Å². The highest BCUT2D eigenvalue weighted by Gasteiger charge is 2.58. The first-order chi connectivity index (χ1) is 68.9. The summed E-state index contributed by atoms with van der Waals surface area (Å²) in [5.74, 6) is 5.34. The van der Waals surface area contributed by atoms with Crippen LogP contribution in [-0.2, 0) is 124 Å². The Labute approximate surface area is 871 Å². The van der Waals surface area contributed by atoms with Gasteiger partial charge in [-0.25, -0.2) is 4.79 Å². The van der Waals surface area contributed by atoms with E-state index in [4.69, 9.17) is 92.2 Å². The van der Waals surface area contributed by atoms with E-state index in [1.54, 1.807) is 91.1 Å². The van der Waals surface area contributed by atoms with Crippen LogP contribution in [0.25, 0.3) is 0 Å². The van der Waals surface area contributed by atoms with E-state index < -0.39 is 29.0 Å². The quantitative estimate of drug-likeness (QED) is 0.0189. The van der Waals surface area contributed by atoms with Gasteiger partial charge in [-0.15, -0.1) is 0 Å². The van der Waals surface area contributed by atoms with Crippen molar-refractivity contribution in [2.24, 2.45) is 57.2 Å². The molecule has 4 fully saturated rings. The first-order valence-corrected chi connectivity index (χ1v) is 53.1. The number of methoxy groups -OCH3 is 2. The number of ketones is 2. The number of aliphatic hydroxyl groups is 4. The van der Waals surface area contributed by atoms with Gasteiger partial charge < -0.3 is 63.4 Å². The Kier molecular flexibility index (Phi) is 50.6. The van der Waals surface area contributed by atoms with Crippen LogP contribution >= 0.6 is 0 Å². The zero-order valence-corrected chi connectivity index (χ0v) is 92.3. The van der Waals surface area contributed by atoms with E-state index in [0.29, 0.717) is 90.8 Å². The van der Waals surface area contributed by atoms with Crippen molar-refractivity contribution >= 4 is 47.9 Å². The van der Waals surface area contributed by atoms with Crippen molar-refractivity contribution in [1.29, 1.82) is 0 Å². The Morgan fingerprint density at radius 1 is 0.377 bits per heavy atom. The molecule has 16 unspecified atom stereocenters. The summed E-state index contributed by atoms with van der Waals surface area (Å²) in [6.45, 7) is 50.4. The first-order valence-electron chi connectivity index (χ1n) is 53.1. The van der Waals surface area contributed by atoms with Gasteiger partial charge in [0, 0.05) is 36.2 Å². The van der Waals surface area contributed by atoms with Crippen LogP contribution < -0.4 is 0 Å². The molecule has 24 heteroatoms. The highest BCUT2D eigenvalue weighted by molar-refractivity contribution is 5.97. The molecule has 0 bridgehead atoms. The minimum absolute atomic E-state index is 0.0186. The van der Waals surface area contributed by atoms with Gasteiger partial charge >= 0.3 is 36.4 Å². The number of fused-ring (bicyclic) bond motifs is 12. The van der Waals surface area contributed by atoms with Crippen molar-refractivity contribution in [2.75, 3.05) is 93.5 Å². The van der Waals surface area contributed by atoms with E-state index in [-0.39, 0.29) is 127 Å². The number of carboxylic acid groups (broad SMARTS) is 1. The molecule has 14 rings (SSSR count). The molecule has 0 saturated heterocycles. The van der Waals surface area contributed by atoms with Gasteiger partial charge in [-0.1, -0.05) is 278 Å². The number of aryl methyl sites for hydroxylation is 4. The van der Waals surface area contributed by atoms with Crippen LogP contribution in [0.5, 0.6) is 0 Å². The zero-order chi connectivity index (χ0) is 109. The van der Waals surface area contributed by atoms with Gasteiger partial charge in [-0.3, -0.25) is 19.2 Å². The highest BCUT2D eigenvalue weighted by atomic mass is 16.6. The molecule has 4 saturated carbocycles. The Hall–Kier alpha value is -9.19. The summed E-state index contributed by atoms with van der Waals surface area (Å²) in [4.78, 5) is 109. The first kappa shape index (κ1) is 125. The van der Waals surface area contributed by atoms with Crippen LogP contribution in [0.4, 0.5) is 0 Å². The molecule has 0 aromatic heterocycles. The van der Waals surface area contributed by atoms with E-state index >= 15 is 0 Å². The lowest BCUT2D eigenvalue weighted by molar-refractivity contribution is -0.193. The molecule has 146 heavy (non-hydrogen) atoms. The molecule has 0 radical (unpaired) electrons. The molecule has 0 aliphatic heterocycles. The number of ether oxygens (including phenoxy) is 8. The number of carbonyl (C=O) groups is 5.